The Balaban J connectivity index is 1.41. The molecule has 136 valence electrons. The zero-order chi connectivity index (χ0) is 18.6. The van der Waals surface area contributed by atoms with Gasteiger partial charge in [-0.3, -0.25) is 0 Å². The summed E-state index contributed by atoms with van der Waals surface area (Å²) in [6.45, 7) is 4.15. The highest BCUT2D eigenvalue weighted by Gasteiger charge is 2.13. The number of thioether (sulfide) groups is 1. The van der Waals surface area contributed by atoms with Crippen molar-refractivity contribution in [2.75, 3.05) is 0 Å². The van der Waals surface area contributed by atoms with E-state index in [0.717, 1.165) is 23.1 Å². The van der Waals surface area contributed by atoms with Crippen LogP contribution in [0, 0.1) is 6.92 Å². The Labute approximate surface area is 161 Å². The Morgan fingerprint density at radius 3 is 2.63 bits per heavy atom. The molecule has 4 aromatic rings. The van der Waals surface area contributed by atoms with E-state index in [1.54, 1.807) is 0 Å². The van der Waals surface area contributed by atoms with Crippen LogP contribution in [0.5, 0.6) is 0 Å². The van der Waals surface area contributed by atoms with Crippen LogP contribution in [0.25, 0.3) is 22.8 Å². The summed E-state index contributed by atoms with van der Waals surface area (Å²) in [6.07, 6.45) is 1.00. The molecule has 0 fully saturated rings. The summed E-state index contributed by atoms with van der Waals surface area (Å²) in [4.78, 5) is 4.44. The molecule has 0 aliphatic rings. The van der Waals surface area contributed by atoms with Crippen LogP contribution in [-0.2, 0) is 12.2 Å². The van der Waals surface area contributed by atoms with E-state index in [-0.39, 0.29) is 0 Å². The topological polar surface area (TPSA) is 77.8 Å². The summed E-state index contributed by atoms with van der Waals surface area (Å²) < 4.78 is 11.0. The summed E-state index contributed by atoms with van der Waals surface area (Å²) in [6, 6.07) is 16.1. The normalized spacial score (nSPS) is 11.0. The van der Waals surface area contributed by atoms with Crippen LogP contribution in [-0.4, -0.2) is 20.3 Å². The van der Waals surface area contributed by atoms with E-state index in [1.165, 1.54) is 17.3 Å². The van der Waals surface area contributed by atoms with Crippen molar-refractivity contribution in [3.05, 3.63) is 65.5 Å². The van der Waals surface area contributed by atoms with Gasteiger partial charge < -0.3 is 8.94 Å². The highest BCUT2D eigenvalue weighted by molar-refractivity contribution is 7.98. The van der Waals surface area contributed by atoms with Crippen molar-refractivity contribution in [1.82, 2.24) is 20.3 Å². The van der Waals surface area contributed by atoms with Crippen LogP contribution >= 0.6 is 11.8 Å². The zero-order valence-corrected chi connectivity index (χ0v) is 15.9. The first-order valence-corrected chi connectivity index (χ1v) is 9.65. The van der Waals surface area contributed by atoms with Gasteiger partial charge in [-0.25, -0.2) is 0 Å². The smallest absolute Gasteiger partial charge is 0.277 e. The minimum atomic E-state index is 0.468. The second kappa shape index (κ2) is 7.75. The molecular weight excluding hydrogens is 360 g/mol. The minimum absolute atomic E-state index is 0.468. The van der Waals surface area contributed by atoms with E-state index in [2.05, 4.69) is 39.4 Å². The maximum atomic E-state index is 5.71. The van der Waals surface area contributed by atoms with Crippen molar-refractivity contribution in [3.8, 4) is 22.8 Å². The van der Waals surface area contributed by atoms with Gasteiger partial charge >= 0.3 is 0 Å². The highest BCUT2D eigenvalue weighted by atomic mass is 32.2. The minimum Gasteiger partial charge on any atom is -0.411 e. The van der Waals surface area contributed by atoms with E-state index in [1.807, 2.05) is 43.3 Å². The number of hydrogen-bond donors (Lipinski definition) is 0. The van der Waals surface area contributed by atoms with Crippen molar-refractivity contribution in [3.63, 3.8) is 0 Å². The lowest BCUT2D eigenvalue weighted by atomic mass is 10.1. The van der Waals surface area contributed by atoms with Gasteiger partial charge in [0.15, 0.2) is 0 Å². The number of benzene rings is 2. The van der Waals surface area contributed by atoms with E-state index in [4.69, 9.17) is 8.94 Å². The summed E-state index contributed by atoms with van der Waals surface area (Å²) in [5.41, 5.74) is 4.26. The largest absolute Gasteiger partial charge is 0.411 e. The van der Waals surface area contributed by atoms with Crippen LogP contribution < -0.4 is 0 Å². The Morgan fingerprint density at radius 1 is 1.00 bits per heavy atom. The van der Waals surface area contributed by atoms with Crippen LogP contribution in [0.4, 0.5) is 0 Å². The first kappa shape index (κ1) is 17.5. The van der Waals surface area contributed by atoms with Crippen molar-refractivity contribution in [1.29, 1.82) is 0 Å². The lowest BCUT2D eigenvalue weighted by Gasteiger charge is -1.97. The molecule has 0 bridgehead atoms. The monoisotopic (exact) mass is 378 g/mol. The number of rotatable bonds is 6. The van der Waals surface area contributed by atoms with Gasteiger partial charge in [0, 0.05) is 11.1 Å². The zero-order valence-electron chi connectivity index (χ0n) is 15.0. The molecule has 0 amide bonds. The molecule has 2 heterocycles. The van der Waals surface area contributed by atoms with Gasteiger partial charge in [-0.2, -0.15) is 4.98 Å². The molecule has 2 aromatic carbocycles. The highest BCUT2D eigenvalue weighted by Crippen LogP contribution is 2.26. The van der Waals surface area contributed by atoms with Gasteiger partial charge in [0.05, 0.1) is 5.75 Å². The third kappa shape index (κ3) is 4.09. The van der Waals surface area contributed by atoms with Crippen LogP contribution in [0.1, 0.15) is 23.9 Å². The molecular formula is C20H18N4O2S. The molecule has 2 aromatic heterocycles. The Hall–Kier alpha value is -2.93. The average molecular weight is 378 g/mol. The molecule has 7 heteroatoms. The van der Waals surface area contributed by atoms with Gasteiger partial charge in [0.1, 0.15) is 0 Å². The summed E-state index contributed by atoms with van der Waals surface area (Å²) in [5.74, 6) is 2.07. The molecule has 0 radical (unpaired) electrons. The standard InChI is InChI=1S/C20H18N4O2S/c1-3-14-7-9-15(10-8-14)18-21-17(26-24-18)12-27-20-23-22-19(25-20)16-6-4-5-13(2)11-16/h4-11H,3,12H2,1-2H3. The molecule has 0 saturated carbocycles. The van der Waals surface area contributed by atoms with Crippen molar-refractivity contribution in [2.45, 2.75) is 31.2 Å². The van der Waals surface area contributed by atoms with Crippen LogP contribution in [0.2, 0.25) is 0 Å². The van der Waals surface area contributed by atoms with Crippen molar-refractivity contribution in [2.24, 2.45) is 0 Å². The third-order valence-electron chi connectivity index (χ3n) is 4.08. The van der Waals surface area contributed by atoms with Gasteiger partial charge in [-0.05, 0) is 31.0 Å². The van der Waals surface area contributed by atoms with Gasteiger partial charge in [0.25, 0.3) is 5.22 Å². The molecule has 0 spiro atoms. The van der Waals surface area contributed by atoms with Gasteiger partial charge in [-0.15, -0.1) is 10.2 Å². The number of aryl methyl sites for hydroxylation is 2. The second-order valence-electron chi connectivity index (χ2n) is 6.09. The molecule has 0 unspecified atom stereocenters. The Kier molecular flexibility index (Phi) is 5.02. The lowest BCUT2D eigenvalue weighted by Crippen LogP contribution is -1.84. The summed E-state index contributed by atoms with van der Waals surface area (Å²) >= 11 is 1.37. The Bertz CT molecular complexity index is 1040. The van der Waals surface area contributed by atoms with E-state index in [0.29, 0.717) is 28.6 Å². The van der Waals surface area contributed by atoms with Crippen molar-refractivity contribution < 1.29 is 8.94 Å². The number of aromatic nitrogens is 4. The fourth-order valence-corrected chi connectivity index (χ4v) is 3.21. The lowest BCUT2D eigenvalue weighted by molar-refractivity contribution is 0.391. The predicted octanol–water partition coefficient (Wildman–Crippen LogP) is 4.95. The first-order valence-electron chi connectivity index (χ1n) is 8.66. The summed E-state index contributed by atoms with van der Waals surface area (Å²) in [7, 11) is 0. The predicted molar refractivity (Wildman–Crippen MR) is 103 cm³/mol. The van der Waals surface area contributed by atoms with Gasteiger partial charge in [-0.1, -0.05) is 65.8 Å². The molecule has 0 aliphatic heterocycles. The van der Waals surface area contributed by atoms with E-state index >= 15 is 0 Å². The molecule has 0 aliphatic carbocycles. The maximum Gasteiger partial charge on any atom is 0.277 e. The molecule has 6 nitrogen and oxygen atoms in total. The molecule has 4 rings (SSSR count). The number of hydrogen-bond acceptors (Lipinski definition) is 7. The van der Waals surface area contributed by atoms with Crippen molar-refractivity contribution >= 4 is 11.8 Å². The maximum absolute atomic E-state index is 5.71. The fourth-order valence-electron chi connectivity index (χ4n) is 2.61. The first-order chi connectivity index (χ1) is 13.2. The SMILES string of the molecule is CCc1ccc(-c2noc(CSc3nnc(-c4cccc(C)c4)o3)n2)cc1. The van der Waals surface area contributed by atoms with E-state index in [9.17, 15) is 0 Å². The fraction of sp³-hybridized carbons (Fsp3) is 0.200. The summed E-state index contributed by atoms with van der Waals surface area (Å²) in [5, 5.41) is 12.7. The molecule has 27 heavy (non-hydrogen) atoms. The molecule has 0 N–H and O–H groups in total. The molecule has 0 atom stereocenters. The van der Waals surface area contributed by atoms with Crippen LogP contribution in [0.15, 0.2) is 62.7 Å². The van der Waals surface area contributed by atoms with Gasteiger partial charge in [0.2, 0.25) is 17.6 Å². The van der Waals surface area contributed by atoms with E-state index < -0.39 is 0 Å². The third-order valence-corrected chi connectivity index (χ3v) is 4.88. The number of nitrogens with zero attached hydrogens (tertiary/aromatic N) is 4. The Morgan fingerprint density at radius 2 is 1.85 bits per heavy atom. The molecule has 0 saturated heterocycles. The average Bonchev–Trinajstić information content (AvgIpc) is 3.36. The second-order valence-corrected chi connectivity index (χ2v) is 7.02. The quantitative estimate of drug-likeness (QED) is 0.439. The van der Waals surface area contributed by atoms with Crippen LogP contribution in [0.3, 0.4) is 0 Å².